The Morgan fingerprint density at radius 1 is 1.08 bits per heavy atom. The number of rotatable bonds is 12. The molecule has 0 spiro atoms. The van der Waals surface area contributed by atoms with Gasteiger partial charge in [0, 0.05) is 35.1 Å². The quantitative estimate of drug-likeness (QED) is 0.366. The predicted octanol–water partition coefficient (Wildman–Crippen LogP) is 5.27. The molecule has 0 heterocycles. The van der Waals surface area contributed by atoms with Crippen molar-refractivity contribution in [2.75, 3.05) is 23.7 Å². The van der Waals surface area contributed by atoms with Crippen molar-refractivity contribution in [3.05, 3.63) is 58.1 Å². The number of sulfonamides is 1. The van der Waals surface area contributed by atoms with Crippen LogP contribution in [0.4, 0.5) is 5.69 Å². The second kappa shape index (κ2) is 13.5. The van der Waals surface area contributed by atoms with Crippen LogP contribution in [-0.4, -0.2) is 56.1 Å². The zero-order valence-corrected chi connectivity index (χ0v) is 25.1. The Bertz CT molecular complexity index is 1210. The van der Waals surface area contributed by atoms with Crippen LogP contribution >= 0.6 is 23.2 Å². The van der Waals surface area contributed by atoms with Crippen LogP contribution in [0.1, 0.15) is 53.0 Å². The smallest absolute Gasteiger partial charge is 0.242 e. The number of nitrogens with one attached hydrogen (secondary N) is 1. The number of amides is 2. The normalized spacial score (nSPS) is 12.5. The average molecular weight is 587 g/mol. The molecule has 2 rings (SSSR count). The third-order valence-corrected chi connectivity index (χ3v) is 7.39. The molecule has 0 aliphatic rings. The van der Waals surface area contributed by atoms with Gasteiger partial charge in [0.1, 0.15) is 11.8 Å². The molecule has 0 saturated carbocycles. The molecule has 0 saturated heterocycles. The first-order valence-corrected chi connectivity index (χ1v) is 15.0. The number of carbonyl (C=O) groups excluding carboxylic acids is 2. The van der Waals surface area contributed by atoms with Crippen LogP contribution < -0.4 is 14.4 Å². The Morgan fingerprint density at radius 2 is 1.71 bits per heavy atom. The van der Waals surface area contributed by atoms with Gasteiger partial charge in [0.25, 0.3) is 0 Å². The van der Waals surface area contributed by atoms with Crippen molar-refractivity contribution in [1.29, 1.82) is 0 Å². The maximum absolute atomic E-state index is 13.4. The Balaban J connectivity index is 2.21. The van der Waals surface area contributed by atoms with E-state index in [0.717, 1.165) is 6.26 Å². The first-order valence-electron chi connectivity index (χ1n) is 12.4. The summed E-state index contributed by atoms with van der Waals surface area (Å²) in [6.45, 7) is 9.80. The van der Waals surface area contributed by atoms with Crippen molar-refractivity contribution in [3.8, 4) is 5.75 Å². The van der Waals surface area contributed by atoms with Crippen molar-refractivity contribution in [2.45, 2.75) is 65.6 Å². The van der Waals surface area contributed by atoms with Gasteiger partial charge in [-0.05, 0) is 83.0 Å². The van der Waals surface area contributed by atoms with Gasteiger partial charge in [-0.25, -0.2) is 8.42 Å². The molecule has 8 nitrogen and oxygen atoms in total. The number of anilines is 1. The topological polar surface area (TPSA) is 96.0 Å². The molecule has 1 atom stereocenters. The molecule has 38 heavy (non-hydrogen) atoms. The molecule has 11 heteroatoms. The third-order valence-electron chi connectivity index (χ3n) is 5.61. The highest BCUT2D eigenvalue weighted by molar-refractivity contribution is 7.92. The van der Waals surface area contributed by atoms with E-state index in [4.69, 9.17) is 27.9 Å². The molecule has 0 bridgehead atoms. The van der Waals surface area contributed by atoms with Crippen molar-refractivity contribution in [3.63, 3.8) is 0 Å². The molecule has 210 valence electrons. The number of hydrogen-bond acceptors (Lipinski definition) is 5. The Morgan fingerprint density at radius 3 is 2.24 bits per heavy atom. The third kappa shape index (κ3) is 9.67. The summed E-state index contributed by atoms with van der Waals surface area (Å²) in [7, 11) is -3.60. The van der Waals surface area contributed by atoms with Crippen LogP contribution in [0.5, 0.6) is 5.75 Å². The van der Waals surface area contributed by atoms with E-state index in [9.17, 15) is 18.0 Å². The summed E-state index contributed by atoms with van der Waals surface area (Å²) in [6, 6.07) is 10.9. The van der Waals surface area contributed by atoms with Gasteiger partial charge in [-0.3, -0.25) is 13.9 Å². The van der Waals surface area contributed by atoms with E-state index < -0.39 is 21.6 Å². The van der Waals surface area contributed by atoms with Crippen LogP contribution in [-0.2, 0) is 26.2 Å². The number of carbonyl (C=O) groups is 2. The van der Waals surface area contributed by atoms with Gasteiger partial charge < -0.3 is 15.0 Å². The van der Waals surface area contributed by atoms with Gasteiger partial charge in [-0.2, -0.15) is 0 Å². The predicted molar refractivity (Wildman–Crippen MR) is 153 cm³/mol. The van der Waals surface area contributed by atoms with E-state index in [-0.39, 0.29) is 37.7 Å². The summed E-state index contributed by atoms with van der Waals surface area (Å²) < 4.78 is 31.7. The lowest BCUT2D eigenvalue weighted by Crippen LogP contribution is -2.52. The fraction of sp³-hybridized carbons (Fsp3) is 0.481. The first kappa shape index (κ1) is 31.7. The molecule has 0 unspecified atom stereocenters. The zero-order valence-electron chi connectivity index (χ0n) is 22.8. The van der Waals surface area contributed by atoms with E-state index in [0.29, 0.717) is 33.7 Å². The van der Waals surface area contributed by atoms with Crippen molar-refractivity contribution in [1.82, 2.24) is 10.2 Å². The molecule has 1 N–H and O–H groups in total. The number of halogens is 2. The molecule has 0 fully saturated rings. The van der Waals surface area contributed by atoms with Crippen LogP contribution in [0.2, 0.25) is 10.0 Å². The van der Waals surface area contributed by atoms with Crippen LogP contribution in [0, 0.1) is 0 Å². The summed E-state index contributed by atoms with van der Waals surface area (Å²) in [5.41, 5.74) is 0.643. The average Bonchev–Trinajstić information content (AvgIpc) is 2.80. The zero-order chi connectivity index (χ0) is 28.7. The minimum Gasteiger partial charge on any atom is -0.494 e. The van der Waals surface area contributed by atoms with E-state index in [1.54, 1.807) is 49.4 Å². The minimum absolute atomic E-state index is 0.0292. The molecule has 0 aliphatic carbocycles. The SMILES string of the molecule is CCOc1ccc(N(CCCC(=O)N(Cc2ccc(Cl)cc2Cl)[C@H](C)C(=O)NC(C)(C)C)S(C)(=O)=O)cc1. The molecule has 0 radical (unpaired) electrons. The Labute approximate surface area is 236 Å². The van der Waals surface area contributed by atoms with Gasteiger partial charge in [0.2, 0.25) is 21.8 Å². The summed E-state index contributed by atoms with van der Waals surface area (Å²) in [6.07, 6.45) is 1.40. The van der Waals surface area contributed by atoms with Gasteiger partial charge in [0.05, 0.1) is 18.6 Å². The molecule has 2 aromatic carbocycles. The Kier molecular flexibility index (Phi) is 11.3. The minimum atomic E-state index is -3.60. The van der Waals surface area contributed by atoms with Gasteiger partial charge in [-0.15, -0.1) is 0 Å². The van der Waals surface area contributed by atoms with Crippen molar-refractivity contribution >= 4 is 50.7 Å². The van der Waals surface area contributed by atoms with E-state index in [1.807, 2.05) is 27.7 Å². The standard InChI is InChI=1S/C27H37Cl2N3O5S/c1-7-37-23-14-12-22(13-15-23)32(38(6,35)36)16-8-9-25(33)31(19(2)26(34)30-27(3,4)5)18-20-10-11-21(28)17-24(20)29/h10-15,17,19H,7-9,16,18H2,1-6H3,(H,30,34)/t19-/m1/s1. The summed E-state index contributed by atoms with van der Waals surface area (Å²) in [5.74, 6) is 0.0368. The summed E-state index contributed by atoms with van der Waals surface area (Å²) in [5, 5.41) is 3.76. The second-order valence-electron chi connectivity index (χ2n) is 10.0. The van der Waals surface area contributed by atoms with Gasteiger partial charge in [0.15, 0.2) is 0 Å². The number of nitrogens with zero attached hydrogens (tertiary/aromatic N) is 2. The highest BCUT2D eigenvalue weighted by Gasteiger charge is 2.29. The van der Waals surface area contributed by atoms with Crippen LogP contribution in [0.25, 0.3) is 0 Å². The fourth-order valence-corrected chi connectivity index (χ4v) is 5.20. The van der Waals surface area contributed by atoms with E-state index in [1.165, 1.54) is 9.21 Å². The number of hydrogen-bond donors (Lipinski definition) is 1. The monoisotopic (exact) mass is 585 g/mol. The molecule has 2 amide bonds. The summed E-state index contributed by atoms with van der Waals surface area (Å²) in [4.78, 5) is 27.8. The second-order valence-corrected chi connectivity index (χ2v) is 12.8. The lowest BCUT2D eigenvalue weighted by atomic mass is 10.1. The first-order chi connectivity index (χ1) is 17.6. The maximum Gasteiger partial charge on any atom is 0.242 e. The molecular weight excluding hydrogens is 549 g/mol. The van der Waals surface area contributed by atoms with Crippen molar-refractivity contribution in [2.24, 2.45) is 0 Å². The molecule has 0 aliphatic heterocycles. The largest absolute Gasteiger partial charge is 0.494 e. The van der Waals surface area contributed by atoms with Crippen molar-refractivity contribution < 1.29 is 22.7 Å². The lowest BCUT2D eigenvalue weighted by molar-refractivity contribution is -0.141. The number of benzene rings is 2. The number of ether oxygens (including phenoxy) is 1. The lowest BCUT2D eigenvalue weighted by Gasteiger charge is -2.32. The summed E-state index contributed by atoms with van der Waals surface area (Å²) >= 11 is 12.4. The van der Waals surface area contributed by atoms with Gasteiger partial charge >= 0.3 is 0 Å². The van der Waals surface area contributed by atoms with E-state index >= 15 is 0 Å². The van der Waals surface area contributed by atoms with Crippen LogP contribution in [0.15, 0.2) is 42.5 Å². The molecule has 0 aromatic heterocycles. The van der Waals surface area contributed by atoms with Crippen LogP contribution in [0.3, 0.4) is 0 Å². The highest BCUT2D eigenvalue weighted by atomic mass is 35.5. The maximum atomic E-state index is 13.4. The Hall–Kier alpha value is -2.49. The fourth-order valence-electron chi connectivity index (χ4n) is 3.77. The molecular formula is C27H37Cl2N3O5S. The molecule has 2 aromatic rings. The van der Waals surface area contributed by atoms with Gasteiger partial charge in [-0.1, -0.05) is 29.3 Å². The van der Waals surface area contributed by atoms with E-state index in [2.05, 4.69) is 5.32 Å². The highest BCUT2D eigenvalue weighted by Crippen LogP contribution is 2.25.